The molecule has 0 radical (unpaired) electrons. The van der Waals surface area contributed by atoms with Gasteiger partial charge in [-0.3, -0.25) is 4.72 Å². The fourth-order valence-electron chi connectivity index (χ4n) is 3.02. The lowest BCUT2D eigenvalue weighted by molar-refractivity contribution is 0.395. The van der Waals surface area contributed by atoms with Gasteiger partial charge in [0, 0.05) is 23.9 Å². The zero-order valence-corrected chi connectivity index (χ0v) is 18.7. The molecule has 0 bridgehead atoms. The van der Waals surface area contributed by atoms with Gasteiger partial charge in [-0.25, -0.2) is 18.4 Å². The van der Waals surface area contributed by atoms with Gasteiger partial charge in [-0.2, -0.15) is 0 Å². The maximum absolute atomic E-state index is 13.0. The SMILES string of the molecule is COc1cc(Nc2nc3ccccc3nc2NS(=O)(=O)c2ccccc2Cl)cc(OC)c1. The van der Waals surface area contributed by atoms with Gasteiger partial charge in [0.2, 0.25) is 0 Å². The monoisotopic (exact) mass is 470 g/mol. The number of methoxy groups -OCH3 is 2. The second kappa shape index (κ2) is 8.89. The topological polar surface area (TPSA) is 102 Å². The largest absolute Gasteiger partial charge is 0.497 e. The van der Waals surface area contributed by atoms with Crippen molar-refractivity contribution in [2.45, 2.75) is 4.90 Å². The summed E-state index contributed by atoms with van der Waals surface area (Å²) in [6, 6.07) is 18.5. The van der Waals surface area contributed by atoms with Crippen LogP contribution in [0.15, 0.2) is 71.6 Å². The Balaban J connectivity index is 1.80. The zero-order valence-electron chi connectivity index (χ0n) is 17.2. The molecule has 32 heavy (non-hydrogen) atoms. The van der Waals surface area contributed by atoms with Crippen LogP contribution in [-0.4, -0.2) is 32.6 Å². The minimum absolute atomic E-state index is 0.0189. The van der Waals surface area contributed by atoms with E-state index in [1.165, 1.54) is 26.4 Å². The van der Waals surface area contributed by atoms with Crippen molar-refractivity contribution in [2.24, 2.45) is 0 Å². The molecule has 0 amide bonds. The molecule has 0 saturated heterocycles. The molecule has 8 nitrogen and oxygen atoms in total. The molecule has 0 atom stereocenters. The van der Waals surface area contributed by atoms with Crippen LogP contribution in [0.1, 0.15) is 0 Å². The van der Waals surface area contributed by atoms with Crippen molar-refractivity contribution < 1.29 is 17.9 Å². The summed E-state index contributed by atoms with van der Waals surface area (Å²) in [6.45, 7) is 0. The van der Waals surface area contributed by atoms with E-state index in [4.69, 9.17) is 21.1 Å². The number of ether oxygens (including phenoxy) is 2. The summed E-state index contributed by atoms with van der Waals surface area (Å²) in [5, 5.41) is 3.21. The van der Waals surface area contributed by atoms with Gasteiger partial charge in [-0.05, 0) is 24.3 Å². The van der Waals surface area contributed by atoms with Crippen LogP contribution < -0.4 is 19.5 Å². The molecule has 3 aromatic carbocycles. The molecule has 0 spiro atoms. The predicted octanol–water partition coefficient (Wildman–Crippen LogP) is 4.84. The number of anilines is 3. The smallest absolute Gasteiger partial charge is 0.264 e. The Hall–Kier alpha value is -3.56. The average molecular weight is 471 g/mol. The number of benzene rings is 3. The fraction of sp³-hybridized carbons (Fsp3) is 0.0909. The lowest BCUT2D eigenvalue weighted by atomic mass is 10.2. The van der Waals surface area contributed by atoms with E-state index in [0.29, 0.717) is 28.2 Å². The molecule has 2 N–H and O–H groups in total. The first kappa shape index (κ1) is 21.7. The van der Waals surface area contributed by atoms with E-state index in [1.54, 1.807) is 48.5 Å². The van der Waals surface area contributed by atoms with Crippen molar-refractivity contribution in [1.29, 1.82) is 0 Å². The molecule has 1 heterocycles. The zero-order chi connectivity index (χ0) is 22.7. The highest BCUT2D eigenvalue weighted by atomic mass is 35.5. The van der Waals surface area contributed by atoms with E-state index >= 15 is 0 Å². The van der Waals surface area contributed by atoms with E-state index in [2.05, 4.69) is 20.0 Å². The van der Waals surface area contributed by atoms with Crippen molar-refractivity contribution in [3.63, 3.8) is 0 Å². The van der Waals surface area contributed by atoms with Gasteiger partial charge in [-0.1, -0.05) is 35.9 Å². The number of hydrogen-bond acceptors (Lipinski definition) is 7. The van der Waals surface area contributed by atoms with Gasteiger partial charge in [0.25, 0.3) is 10.0 Å². The molecule has 4 rings (SSSR count). The summed E-state index contributed by atoms with van der Waals surface area (Å²) in [6.07, 6.45) is 0. The van der Waals surface area contributed by atoms with E-state index in [0.717, 1.165) is 0 Å². The molecule has 10 heteroatoms. The van der Waals surface area contributed by atoms with Gasteiger partial charge in [0.05, 0.1) is 30.3 Å². The summed E-state index contributed by atoms with van der Waals surface area (Å²) in [4.78, 5) is 8.98. The van der Waals surface area contributed by atoms with Crippen LogP contribution in [0.4, 0.5) is 17.3 Å². The number of fused-ring (bicyclic) bond motifs is 1. The van der Waals surface area contributed by atoms with Crippen molar-refractivity contribution in [3.05, 3.63) is 71.8 Å². The average Bonchev–Trinajstić information content (AvgIpc) is 2.79. The Bertz CT molecular complexity index is 1370. The molecule has 0 unspecified atom stereocenters. The number of sulfonamides is 1. The lowest BCUT2D eigenvalue weighted by Gasteiger charge is -2.15. The van der Waals surface area contributed by atoms with E-state index in [1.807, 2.05) is 6.07 Å². The first-order valence-corrected chi connectivity index (χ1v) is 11.3. The molecular formula is C22H19ClN4O4S. The Morgan fingerprint density at radius 2 is 1.38 bits per heavy atom. The van der Waals surface area contributed by atoms with Gasteiger partial charge < -0.3 is 14.8 Å². The minimum Gasteiger partial charge on any atom is -0.497 e. The third-order valence-corrected chi connectivity index (χ3v) is 6.38. The second-order valence-corrected chi connectivity index (χ2v) is 8.73. The number of rotatable bonds is 7. The van der Waals surface area contributed by atoms with Crippen LogP contribution in [-0.2, 0) is 10.0 Å². The van der Waals surface area contributed by atoms with Crippen molar-refractivity contribution >= 4 is 50.0 Å². The first-order chi connectivity index (χ1) is 15.4. The quantitative estimate of drug-likeness (QED) is 0.398. The van der Waals surface area contributed by atoms with Gasteiger partial charge in [-0.15, -0.1) is 0 Å². The van der Waals surface area contributed by atoms with E-state index in [-0.39, 0.29) is 21.6 Å². The Morgan fingerprint density at radius 3 is 1.97 bits per heavy atom. The summed E-state index contributed by atoms with van der Waals surface area (Å²) in [7, 11) is -0.948. The number of aromatic nitrogens is 2. The second-order valence-electron chi connectivity index (χ2n) is 6.67. The lowest BCUT2D eigenvalue weighted by Crippen LogP contribution is -2.16. The maximum atomic E-state index is 13.0. The van der Waals surface area contributed by atoms with Crippen LogP contribution in [0.2, 0.25) is 5.02 Å². The highest BCUT2D eigenvalue weighted by Crippen LogP contribution is 2.32. The van der Waals surface area contributed by atoms with Crippen LogP contribution >= 0.6 is 11.6 Å². The number of nitrogens with zero attached hydrogens (tertiary/aromatic N) is 2. The van der Waals surface area contributed by atoms with Gasteiger partial charge in [0.1, 0.15) is 16.4 Å². The van der Waals surface area contributed by atoms with Gasteiger partial charge in [0.15, 0.2) is 11.6 Å². The summed E-state index contributed by atoms with van der Waals surface area (Å²) < 4.78 is 39.2. The van der Waals surface area contributed by atoms with E-state index in [9.17, 15) is 8.42 Å². The molecule has 0 aliphatic carbocycles. The maximum Gasteiger partial charge on any atom is 0.264 e. The molecular weight excluding hydrogens is 452 g/mol. The molecule has 1 aromatic heterocycles. The first-order valence-electron chi connectivity index (χ1n) is 9.44. The Kier molecular flexibility index (Phi) is 6.02. The third kappa shape index (κ3) is 4.53. The molecule has 0 fully saturated rings. The standard InChI is InChI=1S/C22H19ClN4O4S/c1-30-15-11-14(12-16(13-15)31-2)24-21-22(26-19-9-5-4-8-18(19)25-21)27-32(28,29)20-10-6-3-7-17(20)23/h3-13H,1-2H3,(H,24,25)(H,26,27). The van der Waals surface area contributed by atoms with E-state index < -0.39 is 10.0 Å². The fourth-order valence-corrected chi connectivity index (χ4v) is 4.55. The van der Waals surface area contributed by atoms with Crippen molar-refractivity contribution in [2.75, 3.05) is 24.3 Å². The summed E-state index contributed by atoms with van der Waals surface area (Å²) in [5.74, 6) is 1.33. The summed E-state index contributed by atoms with van der Waals surface area (Å²) >= 11 is 6.11. The molecule has 4 aromatic rings. The van der Waals surface area contributed by atoms with Crippen LogP contribution in [0.25, 0.3) is 11.0 Å². The number of para-hydroxylation sites is 2. The number of hydrogen-bond donors (Lipinski definition) is 2. The predicted molar refractivity (Wildman–Crippen MR) is 125 cm³/mol. The molecule has 164 valence electrons. The van der Waals surface area contributed by atoms with Crippen LogP contribution in [0.5, 0.6) is 11.5 Å². The van der Waals surface area contributed by atoms with Crippen LogP contribution in [0, 0.1) is 0 Å². The van der Waals surface area contributed by atoms with Crippen LogP contribution in [0.3, 0.4) is 0 Å². The molecule has 0 aliphatic heterocycles. The Morgan fingerprint density at radius 1 is 0.812 bits per heavy atom. The highest BCUT2D eigenvalue weighted by molar-refractivity contribution is 7.92. The Labute approximate surface area is 190 Å². The molecule has 0 aliphatic rings. The van der Waals surface area contributed by atoms with Crippen molar-refractivity contribution in [3.8, 4) is 11.5 Å². The summed E-state index contributed by atoms with van der Waals surface area (Å²) in [5.41, 5.74) is 1.69. The van der Waals surface area contributed by atoms with Gasteiger partial charge >= 0.3 is 0 Å². The highest BCUT2D eigenvalue weighted by Gasteiger charge is 2.21. The minimum atomic E-state index is -4.03. The van der Waals surface area contributed by atoms with Crippen molar-refractivity contribution in [1.82, 2.24) is 9.97 Å². The normalized spacial score (nSPS) is 11.2. The molecule has 0 saturated carbocycles. The third-order valence-electron chi connectivity index (χ3n) is 4.54. The number of nitrogens with one attached hydrogen (secondary N) is 2. The number of halogens is 1.